The minimum atomic E-state index is -0.115. The maximum Gasteiger partial charge on any atom is 0.315 e. The van der Waals surface area contributed by atoms with Gasteiger partial charge in [0.15, 0.2) is 0 Å². The van der Waals surface area contributed by atoms with Gasteiger partial charge >= 0.3 is 6.03 Å². The lowest BCUT2D eigenvalue weighted by molar-refractivity contribution is 0.232. The van der Waals surface area contributed by atoms with Crippen molar-refractivity contribution in [2.75, 3.05) is 0 Å². The molecule has 5 heteroatoms. The van der Waals surface area contributed by atoms with Gasteiger partial charge in [0.1, 0.15) is 0 Å². The summed E-state index contributed by atoms with van der Waals surface area (Å²) in [6, 6.07) is 5.95. The molecule has 2 heterocycles. The Labute approximate surface area is 128 Å². The van der Waals surface area contributed by atoms with Crippen molar-refractivity contribution in [2.24, 2.45) is 0 Å². The Morgan fingerprint density at radius 1 is 1.48 bits per heavy atom. The number of aromatic nitrogens is 1. The van der Waals surface area contributed by atoms with Crippen molar-refractivity contribution in [2.45, 2.75) is 38.3 Å². The van der Waals surface area contributed by atoms with Gasteiger partial charge in [0.05, 0.1) is 12.1 Å². The van der Waals surface area contributed by atoms with E-state index in [9.17, 15) is 4.79 Å². The molecule has 0 radical (unpaired) electrons. The Balaban J connectivity index is 1.61. The monoisotopic (exact) mass is 301 g/mol. The highest BCUT2D eigenvalue weighted by Gasteiger charge is 2.23. The van der Waals surface area contributed by atoms with Gasteiger partial charge in [-0.25, -0.2) is 4.79 Å². The Hall–Kier alpha value is -1.88. The van der Waals surface area contributed by atoms with E-state index < -0.39 is 0 Å². The average molecular weight is 301 g/mol. The van der Waals surface area contributed by atoms with Crippen molar-refractivity contribution in [3.05, 3.63) is 52.0 Å². The van der Waals surface area contributed by atoms with Gasteiger partial charge in [0.25, 0.3) is 0 Å². The number of amides is 2. The van der Waals surface area contributed by atoms with Crippen LogP contribution >= 0.6 is 11.3 Å². The van der Waals surface area contributed by atoms with Crippen LogP contribution in [0.25, 0.3) is 0 Å². The molecule has 0 aromatic carbocycles. The highest BCUT2D eigenvalue weighted by molar-refractivity contribution is 7.10. The fraction of sp³-hybridized carbons (Fsp3) is 0.375. The summed E-state index contributed by atoms with van der Waals surface area (Å²) in [4.78, 5) is 17.7. The number of nitrogens with one attached hydrogen (secondary N) is 2. The summed E-state index contributed by atoms with van der Waals surface area (Å²) in [6.07, 6.45) is 6.80. The lowest BCUT2D eigenvalue weighted by atomic mass is 9.94. The second-order valence-electron chi connectivity index (χ2n) is 5.37. The third-order valence-corrected chi connectivity index (χ3v) is 4.89. The molecule has 1 aliphatic carbocycles. The molecule has 2 aromatic rings. The van der Waals surface area contributed by atoms with Crippen LogP contribution in [0.1, 0.15) is 47.9 Å². The molecule has 4 nitrogen and oxygen atoms in total. The highest BCUT2D eigenvalue weighted by Crippen LogP contribution is 2.33. The number of carbonyl (C=O) groups excluding carboxylic acids is 1. The molecular formula is C16H19N3OS. The number of carbonyl (C=O) groups is 1. The number of rotatable bonds is 3. The first-order chi connectivity index (χ1) is 10.2. The van der Waals surface area contributed by atoms with E-state index in [1.165, 1.54) is 10.4 Å². The number of hydrogen-bond acceptors (Lipinski definition) is 3. The number of urea groups is 1. The topological polar surface area (TPSA) is 54.0 Å². The lowest BCUT2D eigenvalue weighted by Gasteiger charge is -2.25. The van der Waals surface area contributed by atoms with Gasteiger partial charge in [-0.05, 0) is 54.8 Å². The predicted molar refractivity (Wildman–Crippen MR) is 84.3 cm³/mol. The molecule has 1 aliphatic rings. The summed E-state index contributed by atoms with van der Waals surface area (Å²) < 4.78 is 0. The normalized spacial score (nSPS) is 18.6. The van der Waals surface area contributed by atoms with E-state index >= 15 is 0 Å². The van der Waals surface area contributed by atoms with Crippen LogP contribution in [-0.2, 0) is 6.42 Å². The molecule has 0 saturated carbocycles. The van der Waals surface area contributed by atoms with Gasteiger partial charge in [0.2, 0.25) is 0 Å². The van der Waals surface area contributed by atoms with E-state index in [0.29, 0.717) is 0 Å². The summed E-state index contributed by atoms with van der Waals surface area (Å²) in [5, 5.41) is 8.19. The Morgan fingerprint density at radius 3 is 3.19 bits per heavy atom. The molecule has 0 bridgehead atoms. The number of pyridine rings is 1. The van der Waals surface area contributed by atoms with Gasteiger partial charge in [0, 0.05) is 17.3 Å². The largest absolute Gasteiger partial charge is 0.332 e. The molecule has 0 fully saturated rings. The predicted octanol–water partition coefficient (Wildman–Crippen LogP) is 3.58. The number of hydrogen-bond donors (Lipinski definition) is 2. The fourth-order valence-electron chi connectivity index (χ4n) is 2.75. The molecular weight excluding hydrogens is 282 g/mol. The molecule has 110 valence electrons. The minimum absolute atomic E-state index is 0.0516. The van der Waals surface area contributed by atoms with E-state index in [2.05, 4.69) is 27.1 Å². The van der Waals surface area contributed by atoms with E-state index in [1.807, 2.05) is 19.1 Å². The first-order valence-electron chi connectivity index (χ1n) is 7.27. The molecule has 2 atom stereocenters. The molecule has 2 N–H and O–H groups in total. The van der Waals surface area contributed by atoms with Crippen LogP contribution < -0.4 is 10.6 Å². The van der Waals surface area contributed by atoms with Crippen molar-refractivity contribution >= 4 is 17.4 Å². The fourth-order valence-corrected chi connectivity index (χ4v) is 3.74. The van der Waals surface area contributed by atoms with Crippen molar-refractivity contribution in [1.29, 1.82) is 0 Å². The smallest absolute Gasteiger partial charge is 0.315 e. The van der Waals surface area contributed by atoms with Gasteiger partial charge in [-0.3, -0.25) is 4.98 Å². The number of aryl methyl sites for hydroxylation is 1. The lowest BCUT2D eigenvalue weighted by Crippen LogP contribution is -2.40. The van der Waals surface area contributed by atoms with Gasteiger partial charge in [-0.1, -0.05) is 6.07 Å². The zero-order valence-corrected chi connectivity index (χ0v) is 12.8. The van der Waals surface area contributed by atoms with Crippen molar-refractivity contribution in [1.82, 2.24) is 15.6 Å². The van der Waals surface area contributed by atoms with Crippen LogP contribution in [0.3, 0.4) is 0 Å². The molecule has 21 heavy (non-hydrogen) atoms. The van der Waals surface area contributed by atoms with E-state index in [0.717, 1.165) is 24.8 Å². The summed E-state index contributed by atoms with van der Waals surface area (Å²) in [7, 11) is 0. The first kappa shape index (κ1) is 14.1. The second-order valence-corrected chi connectivity index (χ2v) is 6.37. The zero-order chi connectivity index (χ0) is 14.7. The third-order valence-electron chi connectivity index (χ3n) is 3.89. The molecule has 2 aromatic heterocycles. The van der Waals surface area contributed by atoms with Crippen molar-refractivity contribution < 1.29 is 4.79 Å². The van der Waals surface area contributed by atoms with Crippen LogP contribution in [0, 0.1) is 0 Å². The van der Waals surface area contributed by atoms with Gasteiger partial charge in [-0.15, -0.1) is 11.3 Å². The van der Waals surface area contributed by atoms with E-state index in [-0.39, 0.29) is 18.1 Å². The Bertz CT molecular complexity index is 611. The average Bonchev–Trinajstić information content (AvgIpc) is 2.97. The van der Waals surface area contributed by atoms with Gasteiger partial charge in [-0.2, -0.15) is 0 Å². The molecule has 2 amide bonds. The standard InChI is InChI=1S/C16H19N3OS/c1-11(12-4-3-8-17-10-12)18-16(20)19-14-5-2-6-15-13(14)7-9-21-15/h3-4,7-11,14H,2,5-6H2,1H3,(H2,18,19,20). The van der Waals surface area contributed by atoms with Crippen LogP contribution in [0.15, 0.2) is 36.0 Å². The number of nitrogens with zero attached hydrogens (tertiary/aromatic N) is 1. The SMILES string of the molecule is CC(NC(=O)NC1CCCc2sccc21)c1cccnc1. The quantitative estimate of drug-likeness (QED) is 0.910. The van der Waals surface area contributed by atoms with Crippen molar-refractivity contribution in [3.63, 3.8) is 0 Å². The Morgan fingerprint density at radius 2 is 2.38 bits per heavy atom. The molecule has 0 saturated heterocycles. The maximum atomic E-state index is 12.2. The third kappa shape index (κ3) is 3.24. The summed E-state index contributed by atoms with van der Waals surface area (Å²) in [5.74, 6) is 0. The summed E-state index contributed by atoms with van der Waals surface area (Å²) in [6.45, 7) is 1.97. The van der Waals surface area contributed by atoms with Crippen LogP contribution in [0.2, 0.25) is 0 Å². The molecule has 0 spiro atoms. The minimum Gasteiger partial charge on any atom is -0.332 e. The van der Waals surface area contributed by atoms with E-state index in [4.69, 9.17) is 0 Å². The van der Waals surface area contributed by atoms with Crippen LogP contribution in [0.4, 0.5) is 4.79 Å². The number of thiophene rings is 1. The maximum absolute atomic E-state index is 12.2. The number of fused-ring (bicyclic) bond motifs is 1. The first-order valence-corrected chi connectivity index (χ1v) is 8.15. The zero-order valence-electron chi connectivity index (χ0n) is 12.0. The Kier molecular flexibility index (Phi) is 4.20. The van der Waals surface area contributed by atoms with Crippen LogP contribution in [0.5, 0.6) is 0 Å². The summed E-state index contributed by atoms with van der Waals surface area (Å²) >= 11 is 1.79. The highest BCUT2D eigenvalue weighted by atomic mass is 32.1. The molecule has 2 unspecified atom stereocenters. The molecule has 3 rings (SSSR count). The van der Waals surface area contributed by atoms with E-state index in [1.54, 1.807) is 23.7 Å². The second kappa shape index (κ2) is 6.26. The van der Waals surface area contributed by atoms with Crippen LogP contribution in [-0.4, -0.2) is 11.0 Å². The van der Waals surface area contributed by atoms with Gasteiger partial charge < -0.3 is 10.6 Å². The van der Waals surface area contributed by atoms with Crippen molar-refractivity contribution in [3.8, 4) is 0 Å². The summed E-state index contributed by atoms with van der Waals surface area (Å²) in [5.41, 5.74) is 2.29. The molecule has 0 aliphatic heterocycles.